The first kappa shape index (κ1) is 15.6. The molecule has 3 aromatic rings. The Morgan fingerprint density at radius 1 is 1.19 bits per heavy atom. The summed E-state index contributed by atoms with van der Waals surface area (Å²) in [6.45, 7) is 2.12. The highest BCUT2D eigenvalue weighted by atomic mass is 19.1. The largest absolute Gasteiger partial charge is 0.358 e. The standard InChI is InChI=1S/C22H21FN2O/c1-13-10-14-4-2-3-5-21(14)25(13)22(26)15-6-8-19-17(11-15)18-12-16(23)7-9-20(18)24-19/h2-5,7,9,12-13,15,24H,6,8,10-11H2,1H3. The number of carbonyl (C=O) groups is 1. The first-order valence-corrected chi connectivity index (χ1v) is 9.32. The van der Waals surface area contributed by atoms with Crippen molar-refractivity contribution in [2.24, 2.45) is 5.92 Å². The maximum absolute atomic E-state index is 13.7. The lowest BCUT2D eigenvalue weighted by Crippen LogP contribution is -2.41. The molecule has 2 aromatic carbocycles. The second-order valence-electron chi connectivity index (χ2n) is 7.60. The minimum absolute atomic E-state index is 0.0432. The molecule has 0 fully saturated rings. The van der Waals surface area contributed by atoms with Crippen molar-refractivity contribution in [3.63, 3.8) is 0 Å². The number of halogens is 1. The van der Waals surface area contributed by atoms with Gasteiger partial charge in [0, 0.05) is 34.2 Å². The number of anilines is 1. The first-order chi connectivity index (χ1) is 12.6. The first-order valence-electron chi connectivity index (χ1n) is 9.32. The molecule has 2 atom stereocenters. The molecular formula is C22H21FN2O. The molecule has 2 aliphatic rings. The third-order valence-corrected chi connectivity index (χ3v) is 5.94. The lowest BCUT2D eigenvalue weighted by molar-refractivity contribution is -0.123. The van der Waals surface area contributed by atoms with Gasteiger partial charge in [0.15, 0.2) is 0 Å². The van der Waals surface area contributed by atoms with Crippen LogP contribution in [0.25, 0.3) is 10.9 Å². The van der Waals surface area contributed by atoms with E-state index in [1.54, 1.807) is 12.1 Å². The molecule has 0 bridgehead atoms. The molecule has 2 unspecified atom stereocenters. The number of H-pyrrole nitrogens is 1. The number of para-hydroxylation sites is 1. The number of hydrogen-bond acceptors (Lipinski definition) is 1. The Balaban J connectivity index is 1.48. The van der Waals surface area contributed by atoms with Crippen LogP contribution in [0.15, 0.2) is 42.5 Å². The normalized spacial score (nSPS) is 21.7. The highest BCUT2D eigenvalue weighted by Gasteiger charge is 2.36. The summed E-state index contributed by atoms with van der Waals surface area (Å²) in [6, 6.07) is 13.2. The van der Waals surface area contributed by atoms with E-state index in [0.29, 0.717) is 6.42 Å². The van der Waals surface area contributed by atoms with Crippen LogP contribution in [0.2, 0.25) is 0 Å². The van der Waals surface area contributed by atoms with Gasteiger partial charge in [-0.05, 0) is 68.0 Å². The topological polar surface area (TPSA) is 36.1 Å². The number of nitrogens with zero attached hydrogens (tertiary/aromatic N) is 1. The van der Waals surface area contributed by atoms with Crippen molar-refractivity contribution in [3.05, 3.63) is 65.1 Å². The average Bonchev–Trinajstić information content (AvgIpc) is 3.17. The van der Waals surface area contributed by atoms with Gasteiger partial charge in [-0.2, -0.15) is 0 Å². The molecule has 0 spiro atoms. The van der Waals surface area contributed by atoms with Crippen molar-refractivity contribution in [1.82, 2.24) is 4.98 Å². The molecular weight excluding hydrogens is 327 g/mol. The highest BCUT2D eigenvalue weighted by Crippen LogP contribution is 2.37. The minimum atomic E-state index is -0.227. The van der Waals surface area contributed by atoms with Crippen molar-refractivity contribution in [2.45, 2.75) is 38.6 Å². The number of benzene rings is 2. The maximum atomic E-state index is 13.7. The predicted molar refractivity (Wildman–Crippen MR) is 101 cm³/mol. The molecule has 132 valence electrons. The number of rotatable bonds is 1. The fourth-order valence-electron chi connectivity index (χ4n) is 4.70. The van der Waals surface area contributed by atoms with E-state index < -0.39 is 0 Å². The molecule has 5 rings (SSSR count). The fourth-order valence-corrected chi connectivity index (χ4v) is 4.70. The second kappa shape index (κ2) is 5.70. The van der Waals surface area contributed by atoms with Crippen LogP contribution < -0.4 is 4.90 Å². The quantitative estimate of drug-likeness (QED) is 0.696. The highest BCUT2D eigenvalue weighted by molar-refractivity contribution is 5.98. The SMILES string of the molecule is CC1Cc2ccccc2N1C(=O)C1CCc2[nH]c3ccc(F)cc3c2C1. The van der Waals surface area contributed by atoms with Gasteiger partial charge in [-0.15, -0.1) is 0 Å². The number of aromatic nitrogens is 1. The van der Waals surface area contributed by atoms with Crippen LogP contribution in [0.4, 0.5) is 10.1 Å². The Morgan fingerprint density at radius 3 is 2.92 bits per heavy atom. The van der Waals surface area contributed by atoms with Crippen molar-refractivity contribution in [1.29, 1.82) is 0 Å². The number of hydrogen-bond donors (Lipinski definition) is 1. The van der Waals surface area contributed by atoms with E-state index in [1.165, 1.54) is 11.6 Å². The summed E-state index contributed by atoms with van der Waals surface area (Å²) < 4.78 is 13.7. The summed E-state index contributed by atoms with van der Waals surface area (Å²) >= 11 is 0. The minimum Gasteiger partial charge on any atom is -0.358 e. The van der Waals surface area contributed by atoms with Crippen molar-refractivity contribution < 1.29 is 9.18 Å². The molecule has 1 aliphatic carbocycles. The molecule has 2 heterocycles. The molecule has 0 saturated heterocycles. The average molecular weight is 348 g/mol. The molecule has 1 N–H and O–H groups in total. The number of aromatic amines is 1. The summed E-state index contributed by atoms with van der Waals surface area (Å²) in [6.07, 6.45) is 3.28. The summed E-state index contributed by atoms with van der Waals surface area (Å²) in [5, 5.41) is 0.923. The van der Waals surface area contributed by atoms with Crippen LogP contribution in [0.5, 0.6) is 0 Å². The number of aryl methyl sites for hydroxylation is 1. The summed E-state index contributed by atoms with van der Waals surface area (Å²) in [5.74, 6) is -0.0629. The lowest BCUT2D eigenvalue weighted by Gasteiger charge is -2.30. The van der Waals surface area contributed by atoms with Gasteiger partial charge < -0.3 is 9.88 Å². The molecule has 26 heavy (non-hydrogen) atoms. The van der Waals surface area contributed by atoms with Gasteiger partial charge in [-0.1, -0.05) is 18.2 Å². The van der Waals surface area contributed by atoms with Gasteiger partial charge >= 0.3 is 0 Å². The maximum Gasteiger partial charge on any atom is 0.230 e. The van der Waals surface area contributed by atoms with E-state index in [2.05, 4.69) is 18.0 Å². The van der Waals surface area contributed by atoms with E-state index in [9.17, 15) is 9.18 Å². The van der Waals surface area contributed by atoms with Crippen LogP contribution in [0.1, 0.15) is 30.2 Å². The number of nitrogens with one attached hydrogen (secondary N) is 1. The van der Waals surface area contributed by atoms with Crippen LogP contribution in [0, 0.1) is 11.7 Å². The summed E-state index contributed by atoms with van der Waals surface area (Å²) in [4.78, 5) is 18.7. The Labute approximate surface area is 151 Å². The Kier molecular flexibility index (Phi) is 3.42. The third-order valence-electron chi connectivity index (χ3n) is 5.94. The second-order valence-corrected chi connectivity index (χ2v) is 7.60. The molecule has 3 nitrogen and oxygen atoms in total. The Morgan fingerprint density at radius 2 is 2.04 bits per heavy atom. The summed E-state index contributed by atoms with van der Waals surface area (Å²) in [7, 11) is 0. The predicted octanol–water partition coefficient (Wildman–Crippen LogP) is 4.39. The Bertz CT molecular complexity index is 1020. The zero-order chi connectivity index (χ0) is 17.8. The molecule has 0 radical (unpaired) electrons. The lowest BCUT2D eigenvalue weighted by atomic mass is 9.85. The van der Waals surface area contributed by atoms with Gasteiger partial charge in [-0.3, -0.25) is 4.79 Å². The van der Waals surface area contributed by atoms with Gasteiger partial charge in [0.25, 0.3) is 0 Å². The van der Waals surface area contributed by atoms with Crippen molar-refractivity contribution in [2.75, 3.05) is 4.90 Å². The zero-order valence-electron chi connectivity index (χ0n) is 14.8. The van der Waals surface area contributed by atoms with Crippen LogP contribution in [-0.2, 0) is 24.1 Å². The van der Waals surface area contributed by atoms with Gasteiger partial charge in [0.1, 0.15) is 5.82 Å². The van der Waals surface area contributed by atoms with Gasteiger partial charge in [0.2, 0.25) is 5.91 Å². The molecule has 4 heteroatoms. The third kappa shape index (κ3) is 2.28. The number of carbonyl (C=O) groups excluding carboxylic acids is 1. The number of amides is 1. The smallest absolute Gasteiger partial charge is 0.230 e. The molecule has 1 aliphatic heterocycles. The molecule has 1 amide bonds. The summed E-state index contributed by atoms with van der Waals surface area (Å²) in [5.41, 5.74) is 5.54. The monoisotopic (exact) mass is 348 g/mol. The van der Waals surface area contributed by atoms with Crippen molar-refractivity contribution in [3.8, 4) is 0 Å². The van der Waals surface area contributed by atoms with E-state index in [4.69, 9.17) is 0 Å². The van der Waals surface area contributed by atoms with E-state index >= 15 is 0 Å². The van der Waals surface area contributed by atoms with Crippen LogP contribution in [0.3, 0.4) is 0 Å². The van der Waals surface area contributed by atoms with E-state index in [0.717, 1.165) is 47.1 Å². The van der Waals surface area contributed by atoms with Gasteiger partial charge in [0.05, 0.1) is 0 Å². The van der Waals surface area contributed by atoms with Crippen LogP contribution in [-0.4, -0.2) is 16.9 Å². The molecule has 0 saturated carbocycles. The van der Waals surface area contributed by atoms with Crippen molar-refractivity contribution >= 4 is 22.5 Å². The number of fused-ring (bicyclic) bond motifs is 4. The fraction of sp³-hybridized carbons (Fsp3) is 0.318. The Hall–Kier alpha value is -2.62. The molecule has 1 aromatic heterocycles. The van der Waals surface area contributed by atoms with E-state index in [-0.39, 0.29) is 23.7 Å². The van der Waals surface area contributed by atoms with Gasteiger partial charge in [-0.25, -0.2) is 4.39 Å². The van der Waals surface area contributed by atoms with Crippen LogP contribution >= 0.6 is 0 Å². The zero-order valence-corrected chi connectivity index (χ0v) is 14.8. The van der Waals surface area contributed by atoms with E-state index in [1.807, 2.05) is 23.1 Å².